The number of carbonyl (C=O) groups is 4. The molecule has 7 heteroatoms. The third-order valence-electron chi connectivity index (χ3n) is 5.14. The molecule has 2 heterocycles. The van der Waals surface area contributed by atoms with Crippen LogP contribution in [0.15, 0.2) is 12.1 Å². The first kappa shape index (κ1) is 17.3. The smallest absolute Gasteiger partial charge is 0.262 e. The highest BCUT2D eigenvalue weighted by Crippen LogP contribution is 2.35. The van der Waals surface area contributed by atoms with Gasteiger partial charge >= 0.3 is 0 Å². The molecule has 0 bridgehead atoms. The molecule has 0 unspecified atom stereocenters. The summed E-state index contributed by atoms with van der Waals surface area (Å²) in [7, 11) is 0. The van der Waals surface area contributed by atoms with Crippen LogP contribution in [0.2, 0.25) is 0 Å². The molecule has 2 aliphatic heterocycles. The highest BCUT2D eigenvalue weighted by Gasteiger charge is 2.45. The zero-order chi connectivity index (χ0) is 18.5. The van der Waals surface area contributed by atoms with Gasteiger partial charge in [-0.3, -0.25) is 29.4 Å². The van der Waals surface area contributed by atoms with Crippen LogP contribution in [-0.4, -0.2) is 34.6 Å². The number of nitrogens with one attached hydrogen (secondary N) is 1. The van der Waals surface area contributed by atoms with Gasteiger partial charge in [0.25, 0.3) is 11.8 Å². The Balaban J connectivity index is 2.03. The summed E-state index contributed by atoms with van der Waals surface area (Å²) in [6.45, 7) is 5.63. The Hall–Kier alpha value is -2.57. The van der Waals surface area contributed by atoms with Crippen LogP contribution in [-0.2, 0) is 15.0 Å². The van der Waals surface area contributed by atoms with Gasteiger partial charge in [0.2, 0.25) is 11.8 Å². The first-order valence-electron chi connectivity index (χ1n) is 8.23. The van der Waals surface area contributed by atoms with Crippen molar-refractivity contribution in [3.63, 3.8) is 0 Å². The molecular weight excluding hydrogens is 327 g/mol. The fourth-order valence-electron chi connectivity index (χ4n) is 3.20. The third kappa shape index (κ3) is 2.63. The van der Waals surface area contributed by atoms with Crippen LogP contribution in [0.25, 0.3) is 0 Å². The number of amides is 4. The predicted octanol–water partition coefficient (Wildman–Crippen LogP) is 1.91. The summed E-state index contributed by atoms with van der Waals surface area (Å²) in [6, 6.07) is 1.45. The Labute approximate surface area is 144 Å². The molecule has 132 valence electrons. The lowest BCUT2D eigenvalue weighted by Crippen LogP contribution is -2.54. The standard InChI is InChI=1S/C18H19FN2O4/c1-4-18(2,3)11-7-9-10(8-12(11)19)17(25)21(16(9)24)13-5-6-14(22)20-15(13)23/h7-8,13H,4-6H2,1-3H3,(H,20,22,23)/t13-/m0/s1. The van der Waals surface area contributed by atoms with E-state index in [2.05, 4.69) is 5.32 Å². The number of hydrogen-bond acceptors (Lipinski definition) is 4. The Kier molecular flexibility index (Phi) is 3.97. The fourth-order valence-corrected chi connectivity index (χ4v) is 3.20. The van der Waals surface area contributed by atoms with E-state index in [-0.39, 0.29) is 24.0 Å². The van der Waals surface area contributed by atoms with E-state index in [1.165, 1.54) is 6.07 Å². The van der Waals surface area contributed by atoms with Crippen molar-refractivity contribution in [1.82, 2.24) is 10.2 Å². The van der Waals surface area contributed by atoms with Crippen LogP contribution < -0.4 is 5.32 Å². The van der Waals surface area contributed by atoms with Crippen molar-refractivity contribution in [1.29, 1.82) is 0 Å². The van der Waals surface area contributed by atoms with Crippen molar-refractivity contribution >= 4 is 23.6 Å². The SMILES string of the molecule is CCC(C)(C)c1cc2c(cc1F)C(=O)N([C@H]1CCC(=O)NC1=O)C2=O. The van der Waals surface area contributed by atoms with Crippen molar-refractivity contribution in [2.24, 2.45) is 0 Å². The maximum absolute atomic E-state index is 14.5. The molecule has 0 saturated carbocycles. The quantitative estimate of drug-likeness (QED) is 0.848. The molecular formula is C18H19FN2O4. The average molecular weight is 346 g/mol. The normalized spacial score (nSPS) is 20.8. The van der Waals surface area contributed by atoms with Gasteiger partial charge in [0.1, 0.15) is 11.9 Å². The topological polar surface area (TPSA) is 83.6 Å². The number of rotatable bonds is 3. The summed E-state index contributed by atoms with van der Waals surface area (Å²) < 4.78 is 14.5. The highest BCUT2D eigenvalue weighted by molar-refractivity contribution is 6.23. The summed E-state index contributed by atoms with van der Waals surface area (Å²) in [5.41, 5.74) is -0.0692. The van der Waals surface area contributed by atoms with Crippen molar-refractivity contribution in [2.45, 2.75) is 51.5 Å². The molecule has 0 radical (unpaired) electrons. The molecule has 1 saturated heterocycles. The van der Waals surface area contributed by atoms with E-state index in [9.17, 15) is 23.6 Å². The Morgan fingerprint density at radius 2 is 1.76 bits per heavy atom. The third-order valence-corrected chi connectivity index (χ3v) is 5.14. The number of carbonyl (C=O) groups excluding carboxylic acids is 4. The molecule has 1 aromatic rings. The first-order chi connectivity index (χ1) is 11.7. The van der Waals surface area contributed by atoms with E-state index in [1.54, 1.807) is 0 Å². The summed E-state index contributed by atoms with van der Waals surface area (Å²) >= 11 is 0. The van der Waals surface area contributed by atoms with Gasteiger partial charge in [-0.15, -0.1) is 0 Å². The largest absolute Gasteiger partial charge is 0.295 e. The molecule has 0 aliphatic carbocycles. The van der Waals surface area contributed by atoms with Crippen molar-refractivity contribution in [3.8, 4) is 0 Å². The van der Waals surface area contributed by atoms with Crippen LogP contribution >= 0.6 is 0 Å². The Bertz CT molecular complexity index is 816. The maximum Gasteiger partial charge on any atom is 0.262 e. The Morgan fingerprint density at radius 1 is 1.16 bits per heavy atom. The number of imide groups is 2. The van der Waals surface area contributed by atoms with Gasteiger partial charge in [-0.05, 0) is 36.0 Å². The van der Waals surface area contributed by atoms with Crippen LogP contribution in [0.1, 0.15) is 66.3 Å². The fraction of sp³-hybridized carbons (Fsp3) is 0.444. The predicted molar refractivity (Wildman–Crippen MR) is 86.4 cm³/mol. The molecule has 25 heavy (non-hydrogen) atoms. The summed E-state index contributed by atoms with van der Waals surface area (Å²) in [5.74, 6) is -2.98. The zero-order valence-electron chi connectivity index (χ0n) is 14.3. The van der Waals surface area contributed by atoms with E-state index < -0.39 is 40.9 Å². The summed E-state index contributed by atoms with van der Waals surface area (Å²) in [5, 5.41) is 2.13. The average Bonchev–Trinajstić information content (AvgIpc) is 2.78. The van der Waals surface area contributed by atoms with Gasteiger partial charge in [0.15, 0.2) is 0 Å². The number of piperidine rings is 1. The molecule has 6 nitrogen and oxygen atoms in total. The minimum absolute atomic E-state index is 0.0390. The van der Waals surface area contributed by atoms with E-state index in [0.29, 0.717) is 12.0 Å². The maximum atomic E-state index is 14.5. The summed E-state index contributed by atoms with van der Waals surface area (Å²) in [4.78, 5) is 49.5. The van der Waals surface area contributed by atoms with Crippen LogP contribution in [0.3, 0.4) is 0 Å². The zero-order valence-corrected chi connectivity index (χ0v) is 14.3. The van der Waals surface area contributed by atoms with Gasteiger partial charge in [-0.25, -0.2) is 4.39 Å². The molecule has 2 aliphatic rings. The molecule has 0 aromatic heterocycles. The molecule has 1 fully saturated rings. The van der Waals surface area contributed by atoms with Gasteiger partial charge in [-0.1, -0.05) is 20.8 Å². The highest BCUT2D eigenvalue weighted by atomic mass is 19.1. The minimum Gasteiger partial charge on any atom is -0.295 e. The minimum atomic E-state index is -1.05. The van der Waals surface area contributed by atoms with Crippen LogP contribution in [0.4, 0.5) is 4.39 Å². The van der Waals surface area contributed by atoms with Gasteiger partial charge in [-0.2, -0.15) is 0 Å². The van der Waals surface area contributed by atoms with Crippen molar-refractivity contribution in [2.75, 3.05) is 0 Å². The number of halogens is 1. The van der Waals surface area contributed by atoms with Crippen LogP contribution in [0.5, 0.6) is 0 Å². The van der Waals surface area contributed by atoms with E-state index in [4.69, 9.17) is 0 Å². The molecule has 1 N–H and O–H groups in total. The van der Waals surface area contributed by atoms with Crippen LogP contribution in [0, 0.1) is 5.82 Å². The Morgan fingerprint density at radius 3 is 2.32 bits per heavy atom. The molecule has 0 spiro atoms. The number of nitrogens with zero attached hydrogens (tertiary/aromatic N) is 1. The second-order valence-electron chi connectivity index (χ2n) is 7.06. The summed E-state index contributed by atoms with van der Waals surface area (Å²) in [6.07, 6.45) is 0.778. The van der Waals surface area contributed by atoms with Crippen molar-refractivity contribution in [3.05, 3.63) is 34.6 Å². The molecule has 1 aromatic carbocycles. The van der Waals surface area contributed by atoms with Gasteiger partial charge in [0, 0.05) is 6.42 Å². The van der Waals surface area contributed by atoms with E-state index in [0.717, 1.165) is 11.0 Å². The lowest BCUT2D eigenvalue weighted by atomic mass is 9.80. The monoisotopic (exact) mass is 346 g/mol. The van der Waals surface area contributed by atoms with Gasteiger partial charge in [0.05, 0.1) is 11.1 Å². The van der Waals surface area contributed by atoms with Gasteiger partial charge < -0.3 is 0 Å². The molecule has 4 amide bonds. The molecule has 1 atom stereocenters. The number of fused-ring (bicyclic) bond motifs is 1. The second-order valence-corrected chi connectivity index (χ2v) is 7.06. The lowest BCUT2D eigenvalue weighted by Gasteiger charge is -2.27. The first-order valence-corrected chi connectivity index (χ1v) is 8.23. The second kappa shape index (κ2) is 5.75. The molecule has 3 rings (SSSR count). The number of benzene rings is 1. The van der Waals surface area contributed by atoms with E-state index in [1.807, 2.05) is 20.8 Å². The van der Waals surface area contributed by atoms with Crippen molar-refractivity contribution < 1.29 is 23.6 Å². The lowest BCUT2D eigenvalue weighted by molar-refractivity contribution is -0.136. The number of hydrogen-bond donors (Lipinski definition) is 1. The van der Waals surface area contributed by atoms with E-state index >= 15 is 0 Å².